The molecule has 4 rings (SSSR count). The maximum atomic E-state index is 4.64. The lowest BCUT2D eigenvalue weighted by atomic mass is 10.2. The molecule has 0 saturated heterocycles. The molecule has 0 aliphatic carbocycles. The molecule has 114 valence electrons. The highest BCUT2D eigenvalue weighted by Crippen LogP contribution is 2.23. The van der Waals surface area contributed by atoms with Crippen LogP contribution < -0.4 is 0 Å². The van der Waals surface area contributed by atoms with Crippen molar-refractivity contribution in [3.63, 3.8) is 0 Å². The van der Waals surface area contributed by atoms with Crippen molar-refractivity contribution in [2.24, 2.45) is 0 Å². The van der Waals surface area contributed by atoms with E-state index >= 15 is 0 Å². The maximum Gasteiger partial charge on any atom is 0.212 e. The smallest absolute Gasteiger partial charge is 0.212 e. The molecule has 0 bridgehead atoms. The van der Waals surface area contributed by atoms with Gasteiger partial charge in [-0.15, -0.1) is 21.5 Å². The first-order valence-corrected chi connectivity index (χ1v) is 8.83. The molecule has 4 aromatic rings. The highest BCUT2D eigenvalue weighted by atomic mass is 32.2. The number of fused-ring (bicyclic) bond motifs is 1. The minimum Gasteiger partial charge on any atom is -0.264 e. The van der Waals surface area contributed by atoms with Crippen LogP contribution in [0.15, 0.2) is 47.2 Å². The Labute approximate surface area is 140 Å². The van der Waals surface area contributed by atoms with Gasteiger partial charge in [-0.25, -0.2) is 4.98 Å². The highest BCUT2D eigenvalue weighted by Gasteiger charge is 2.10. The Morgan fingerprint density at radius 2 is 2.17 bits per heavy atom. The monoisotopic (exact) mass is 340 g/mol. The quantitative estimate of drug-likeness (QED) is 0.531. The predicted octanol–water partition coefficient (Wildman–Crippen LogP) is 3.24. The fourth-order valence-electron chi connectivity index (χ4n) is 2.14. The number of rotatable bonds is 4. The number of hydrogen-bond donors (Lipinski definition) is 0. The van der Waals surface area contributed by atoms with E-state index < -0.39 is 0 Å². The Balaban J connectivity index is 1.65. The Hall–Kier alpha value is -2.32. The summed E-state index contributed by atoms with van der Waals surface area (Å²) >= 11 is 3.24. The third kappa shape index (κ3) is 2.95. The van der Waals surface area contributed by atoms with Crippen molar-refractivity contribution in [2.45, 2.75) is 17.8 Å². The summed E-state index contributed by atoms with van der Waals surface area (Å²) in [4.78, 5) is 8.60. The first-order valence-electron chi connectivity index (χ1n) is 6.96. The van der Waals surface area contributed by atoms with Gasteiger partial charge in [0.05, 0.1) is 16.4 Å². The molecule has 0 spiro atoms. The van der Waals surface area contributed by atoms with Crippen LogP contribution in [0.2, 0.25) is 0 Å². The lowest BCUT2D eigenvalue weighted by Gasteiger charge is -2.02. The molecule has 0 N–H and O–H groups in total. The number of aryl methyl sites for hydroxylation is 1. The first kappa shape index (κ1) is 14.3. The molecule has 0 fully saturated rings. The maximum absolute atomic E-state index is 4.64. The van der Waals surface area contributed by atoms with Gasteiger partial charge in [-0.3, -0.25) is 4.98 Å². The summed E-state index contributed by atoms with van der Waals surface area (Å²) in [5.74, 6) is 0.754. The Bertz CT molecular complexity index is 947. The molecular formula is C15H12N6S2. The van der Waals surface area contributed by atoms with Gasteiger partial charge >= 0.3 is 0 Å². The molecule has 4 aromatic heterocycles. The molecule has 0 aliphatic rings. The van der Waals surface area contributed by atoms with E-state index in [9.17, 15) is 0 Å². The summed E-state index contributed by atoms with van der Waals surface area (Å²) < 4.78 is 1.77. The average Bonchev–Trinajstić information content (AvgIpc) is 3.19. The summed E-state index contributed by atoms with van der Waals surface area (Å²) in [7, 11) is 0. The normalized spacial score (nSPS) is 11.2. The minimum absolute atomic E-state index is 0.731. The molecule has 8 heteroatoms. The SMILES string of the molecule is Cc1nc(CSc2nnc3ccc(-c4cccnc4)nn23)cs1. The standard InChI is InChI=1S/C15H12N6S2/c1-10-17-12(8-22-10)9-23-15-19-18-14-5-4-13(20-21(14)15)11-3-2-6-16-7-11/h2-8H,9H2,1H3. The number of pyridine rings is 1. The molecule has 0 saturated carbocycles. The van der Waals surface area contributed by atoms with E-state index in [-0.39, 0.29) is 0 Å². The molecular weight excluding hydrogens is 328 g/mol. The van der Waals surface area contributed by atoms with Crippen LogP contribution in [0.3, 0.4) is 0 Å². The lowest BCUT2D eigenvalue weighted by molar-refractivity contribution is 0.812. The van der Waals surface area contributed by atoms with E-state index in [1.165, 1.54) is 0 Å². The Morgan fingerprint density at radius 3 is 2.96 bits per heavy atom. The van der Waals surface area contributed by atoms with Crippen LogP contribution in [0.4, 0.5) is 0 Å². The van der Waals surface area contributed by atoms with Crippen LogP contribution >= 0.6 is 23.1 Å². The molecule has 0 atom stereocenters. The molecule has 0 radical (unpaired) electrons. The van der Waals surface area contributed by atoms with E-state index in [0.717, 1.165) is 38.5 Å². The van der Waals surface area contributed by atoms with Crippen LogP contribution in [0.5, 0.6) is 0 Å². The summed E-state index contributed by atoms with van der Waals surface area (Å²) in [6, 6.07) is 7.72. The highest BCUT2D eigenvalue weighted by molar-refractivity contribution is 7.98. The van der Waals surface area contributed by atoms with Gasteiger partial charge in [0.1, 0.15) is 0 Å². The zero-order valence-corrected chi connectivity index (χ0v) is 13.9. The molecule has 4 heterocycles. The molecule has 0 amide bonds. The third-order valence-electron chi connectivity index (χ3n) is 3.21. The first-order chi connectivity index (χ1) is 11.3. The van der Waals surface area contributed by atoms with Gasteiger partial charge < -0.3 is 0 Å². The van der Waals surface area contributed by atoms with Crippen LogP contribution in [-0.4, -0.2) is 29.8 Å². The second-order valence-corrected chi connectivity index (χ2v) is 6.86. The summed E-state index contributed by atoms with van der Waals surface area (Å²) in [6.07, 6.45) is 3.54. The third-order valence-corrected chi connectivity index (χ3v) is 4.98. The van der Waals surface area contributed by atoms with E-state index in [1.807, 2.05) is 31.2 Å². The van der Waals surface area contributed by atoms with Crippen molar-refractivity contribution in [3.8, 4) is 11.3 Å². The molecule has 0 aromatic carbocycles. The van der Waals surface area contributed by atoms with Gasteiger partial charge in [0.2, 0.25) is 5.16 Å². The van der Waals surface area contributed by atoms with Crippen molar-refractivity contribution < 1.29 is 0 Å². The van der Waals surface area contributed by atoms with E-state index in [4.69, 9.17) is 0 Å². The average molecular weight is 340 g/mol. The Kier molecular flexibility index (Phi) is 3.76. The van der Waals surface area contributed by atoms with Crippen molar-refractivity contribution in [2.75, 3.05) is 0 Å². The summed E-state index contributed by atoms with van der Waals surface area (Å²) in [5, 5.41) is 16.9. The Morgan fingerprint density at radius 1 is 1.22 bits per heavy atom. The molecule has 0 unspecified atom stereocenters. The van der Waals surface area contributed by atoms with Gasteiger partial charge in [0.15, 0.2) is 5.65 Å². The minimum atomic E-state index is 0.731. The van der Waals surface area contributed by atoms with E-state index in [2.05, 4.69) is 30.6 Å². The predicted molar refractivity (Wildman–Crippen MR) is 90.4 cm³/mol. The summed E-state index contributed by atoms with van der Waals surface area (Å²) in [6.45, 7) is 2.01. The summed E-state index contributed by atoms with van der Waals surface area (Å²) in [5.41, 5.74) is 3.60. The van der Waals surface area contributed by atoms with Gasteiger partial charge in [0, 0.05) is 29.1 Å². The second kappa shape index (κ2) is 6.05. The molecule has 0 aliphatic heterocycles. The van der Waals surface area contributed by atoms with Crippen molar-refractivity contribution in [3.05, 3.63) is 52.7 Å². The van der Waals surface area contributed by atoms with Crippen LogP contribution in [0, 0.1) is 6.92 Å². The van der Waals surface area contributed by atoms with Crippen LogP contribution in [0.25, 0.3) is 16.9 Å². The number of thioether (sulfide) groups is 1. The van der Waals surface area contributed by atoms with Gasteiger partial charge in [-0.2, -0.15) is 9.61 Å². The topological polar surface area (TPSA) is 68.9 Å². The molecule has 6 nitrogen and oxygen atoms in total. The number of thiazole rings is 1. The number of hydrogen-bond acceptors (Lipinski definition) is 7. The molecule has 23 heavy (non-hydrogen) atoms. The van der Waals surface area contributed by atoms with Crippen LogP contribution in [-0.2, 0) is 5.75 Å². The van der Waals surface area contributed by atoms with Crippen LogP contribution in [0.1, 0.15) is 10.7 Å². The largest absolute Gasteiger partial charge is 0.264 e. The fourth-order valence-corrected chi connectivity index (χ4v) is 3.64. The number of aromatic nitrogens is 6. The van der Waals surface area contributed by atoms with Crippen molar-refractivity contribution >= 4 is 28.7 Å². The van der Waals surface area contributed by atoms with Crippen molar-refractivity contribution in [1.82, 2.24) is 29.8 Å². The van der Waals surface area contributed by atoms with Gasteiger partial charge in [0.25, 0.3) is 0 Å². The van der Waals surface area contributed by atoms with Crippen molar-refractivity contribution in [1.29, 1.82) is 0 Å². The fraction of sp³-hybridized carbons (Fsp3) is 0.133. The van der Waals surface area contributed by atoms with E-state index in [1.54, 1.807) is 40.0 Å². The van der Waals surface area contributed by atoms with E-state index in [0.29, 0.717) is 0 Å². The van der Waals surface area contributed by atoms with Gasteiger partial charge in [-0.1, -0.05) is 11.8 Å². The van der Waals surface area contributed by atoms with Gasteiger partial charge in [-0.05, 0) is 31.2 Å². The second-order valence-electron chi connectivity index (χ2n) is 4.86. The lowest BCUT2D eigenvalue weighted by Crippen LogP contribution is -1.96. The zero-order chi connectivity index (χ0) is 15.6. The zero-order valence-electron chi connectivity index (χ0n) is 12.2. The number of nitrogens with zero attached hydrogens (tertiary/aromatic N) is 6.